The van der Waals surface area contributed by atoms with E-state index in [0.717, 1.165) is 5.56 Å². The molecule has 0 saturated heterocycles. The lowest BCUT2D eigenvalue weighted by Crippen LogP contribution is -2.27. The Hall–Kier alpha value is -3.28. The molecular weight excluding hydrogens is 355 g/mol. The summed E-state index contributed by atoms with van der Waals surface area (Å²) in [6.45, 7) is 4.75. The zero-order chi connectivity index (χ0) is 19.9. The van der Waals surface area contributed by atoms with Crippen molar-refractivity contribution in [3.8, 4) is 0 Å². The van der Waals surface area contributed by atoms with Gasteiger partial charge in [0.1, 0.15) is 11.5 Å². The largest absolute Gasteiger partial charge is 0.350 e. The molecule has 1 heterocycles. The highest BCUT2D eigenvalue weighted by Crippen LogP contribution is 2.09. The van der Waals surface area contributed by atoms with Gasteiger partial charge in [0.05, 0.1) is 0 Å². The van der Waals surface area contributed by atoms with E-state index in [1.165, 1.54) is 11.6 Å². The van der Waals surface area contributed by atoms with Crippen molar-refractivity contribution in [3.05, 3.63) is 88.5 Å². The number of nitrogens with one attached hydrogen (secondary N) is 2. The number of aryl methyl sites for hydroxylation is 2. The zero-order valence-electron chi connectivity index (χ0n) is 16.0. The SMILES string of the molecule is Cc1ccc(CNc2nc(C)cc(C(=O)NCCc3ccccc3F)n2)cc1. The zero-order valence-corrected chi connectivity index (χ0v) is 16.0. The van der Waals surface area contributed by atoms with Crippen molar-refractivity contribution in [1.82, 2.24) is 15.3 Å². The van der Waals surface area contributed by atoms with E-state index in [4.69, 9.17) is 0 Å². The summed E-state index contributed by atoms with van der Waals surface area (Å²) in [6.07, 6.45) is 0.418. The number of carbonyl (C=O) groups is 1. The predicted octanol–water partition coefficient (Wildman–Crippen LogP) is 3.82. The fourth-order valence-electron chi connectivity index (χ4n) is 2.75. The number of anilines is 1. The third-order valence-corrected chi connectivity index (χ3v) is 4.30. The van der Waals surface area contributed by atoms with Gasteiger partial charge >= 0.3 is 0 Å². The molecule has 0 atom stereocenters. The van der Waals surface area contributed by atoms with E-state index in [9.17, 15) is 9.18 Å². The van der Waals surface area contributed by atoms with Crippen LogP contribution in [0, 0.1) is 19.7 Å². The second-order valence-corrected chi connectivity index (χ2v) is 6.65. The molecule has 0 spiro atoms. The lowest BCUT2D eigenvalue weighted by Gasteiger charge is -2.09. The molecule has 1 aromatic heterocycles. The number of rotatable bonds is 7. The molecular formula is C22H23FN4O. The number of amides is 1. The van der Waals surface area contributed by atoms with Gasteiger partial charge in [-0.3, -0.25) is 4.79 Å². The number of carbonyl (C=O) groups excluding carboxylic acids is 1. The average Bonchev–Trinajstić information content (AvgIpc) is 2.68. The quantitative estimate of drug-likeness (QED) is 0.656. The van der Waals surface area contributed by atoms with Gasteiger partial charge < -0.3 is 10.6 Å². The molecule has 3 aromatic rings. The summed E-state index contributed by atoms with van der Waals surface area (Å²) in [5.41, 5.74) is 3.85. The van der Waals surface area contributed by atoms with Gasteiger partial charge in [-0.05, 0) is 43.5 Å². The molecule has 144 valence electrons. The van der Waals surface area contributed by atoms with Crippen molar-refractivity contribution in [2.24, 2.45) is 0 Å². The van der Waals surface area contributed by atoms with E-state index >= 15 is 0 Å². The summed E-state index contributed by atoms with van der Waals surface area (Å²) < 4.78 is 13.6. The smallest absolute Gasteiger partial charge is 0.270 e. The summed E-state index contributed by atoms with van der Waals surface area (Å²) in [5, 5.41) is 5.94. The number of nitrogens with zero attached hydrogens (tertiary/aromatic N) is 2. The number of hydrogen-bond acceptors (Lipinski definition) is 4. The van der Waals surface area contributed by atoms with Gasteiger partial charge in [-0.15, -0.1) is 0 Å². The Morgan fingerprint density at radius 1 is 1.04 bits per heavy atom. The Labute approximate surface area is 164 Å². The third kappa shape index (κ3) is 5.36. The Kier molecular flexibility index (Phi) is 6.32. The number of halogens is 1. The maximum atomic E-state index is 13.6. The maximum absolute atomic E-state index is 13.6. The van der Waals surface area contributed by atoms with Gasteiger partial charge in [0.2, 0.25) is 5.95 Å². The molecule has 2 aromatic carbocycles. The van der Waals surface area contributed by atoms with Crippen LogP contribution >= 0.6 is 0 Å². The van der Waals surface area contributed by atoms with Crippen LogP contribution in [-0.2, 0) is 13.0 Å². The first-order chi connectivity index (χ1) is 13.5. The molecule has 1 amide bonds. The summed E-state index contributed by atoms with van der Waals surface area (Å²) >= 11 is 0. The van der Waals surface area contributed by atoms with Crippen LogP contribution in [0.5, 0.6) is 0 Å². The standard InChI is InChI=1S/C22H23FN4O/c1-15-7-9-17(10-8-15)14-25-22-26-16(2)13-20(27-22)21(28)24-12-11-18-5-3-4-6-19(18)23/h3-10,13H,11-12,14H2,1-2H3,(H,24,28)(H,25,26,27). The van der Waals surface area contributed by atoms with Crippen LogP contribution in [0.15, 0.2) is 54.6 Å². The minimum atomic E-state index is -0.305. The van der Waals surface area contributed by atoms with Crippen LogP contribution in [0.3, 0.4) is 0 Å². The summed E-state index contributed by atoms with van der Waals surface area (Å²) in [7, 11) is 0. The van der Waals surface area contributed by atoms with Gasteiger partial charge in [-0.2, -0.15) is 0 Å². The summed E-state index contributed by atoms with van der Waals surface area (Å²) in [4.78, 5) is 21.1. The van der Waals surface area contributed by atoms with Crippen LogP contribution in [0.25, 0.3) is 0 Å². The van der Waals surface area contributed by atoms with E-state index in [0.29, 0.717) is 36.7 Å². The molecule has 0 aliphatic carbocycles. The predicted molar refractivity (Wildman–Crippen MR) is 108 cm³/mol. The van der Waals surface area contributed by atoms with E-state index in [2.05, 4.69) is 20.6 Å². The monoisotopic (exact) mass is 378 g/mol. The van der Waals surface area contributed by atoms with Crippen LogP contribution in [-0.4, -0.2) is 22.4 Å². The summed E-state index contributed by atoms with van der Waals surface area (Å²) in [5.74, 6) is -0.169. The third-order valence-electron chi connectivity index (χ3n) is 4.30. The Bertz CT molecular complexity index is 957. The van der Waals surface area contributed by atoms with Crippen molar-refractivity contribution >= 4 is 11.9 Å². The normalized spacial score (nSPS) is 10.5. The molecule has 28 heavy (non-hydrogen) atoms. The van der Waals surface area contributed by atoms with E-state index in [1.54, 1.807) is 24.3 Å². The van der Waals surface area contributed by atoms with Crippen molar-refractivity contribution in [1.29, 1.82) is 0 Å². The molecule has 0 saturated carbocycles. The number of aromatic nitrogens is 2. The molecule has 0 radical (unpaired) electrons. The highest BCUT2D eigenvalue weighted by Gasteiger charge is 2.11. The van der Waals surface area contributed by atoms with Crippen molar-refractivity contribution in [3.63, 3.8) is 0 Å². The lowest BCUT2D eigenvalue weighted by atomic mass is 10.1. The second-order valence-electron chi connectivity index (χ2n) is 6.65. The average molecular weight is 378 g/mol. The molecule has 0 aliphatic rings. The molecule has 0 unspecified atom stereocenters. The van der Waals surface area contributed by atoms with Crippen LogP contribution in [0.4, 0.5) is 10.3 Å². The first-order valence-corrected chi connectivity index (χ1v) is 9.18. The van der Waals surface area contributed by atoms with Gasteiger partial charge in [0, 0.05) is 18.8 Å². The molecule has 5 nitrogen and oxygen atoms in total. The van der Waals surface area contributed by atoms with E-state index in [-0.39, 0.29) is 17.4 Å². The van der Waals surface area contributed by atoms with Crippen LogP contribution < -0.4 is 10.6 Å². The van der Waals surface area contributed by atoms with Gasteiger partial charge in [-0.25, -0.2) is 14.4 Å². The molecule has 6 heteroatoms. The molecule has 0 aliphatic heterocycles. The Morgan fingerprint density at radius 2 is 1.79 bits per heavy atom. The minimum Gasteiger partial charge on any atom is -0.350 e. The minimum absolute atomic E-state index is 0.266. The molecule has 0 bridgehead atoms. The van der Waals surface area contributed by atoms with Crippen molar-refractivity contribution in [2.75, 3.05) is 11.9 Å². The summed E-state index contributed by atoms with van der Waals surface area (Å²) in [6, 6.07) is 16.3. The van der Waals surface area contributed by atoms with Crippen molar-refractivity contribution < 1.29 is 9.18 Å². The maximum Gasteiger partial charge on any atom is 0.270 e. The van der Waals surface area contributed by atoms with E-state index < -0.39 is 0 Å². The van der Waals surface area contributed by atoms with Crippen LogP contribution in [0.2, 0.25) is 0 Å². The Balaban J connectivity index is 1.59. The van der Waals surface area contributed by atoms with E-state index in [1.807, 2.05) is 38.1 Å². The molecule has 2 N–H and O–H groups in total. The topological polar surface area (TPSA) is 66.9 Å². The highest BCUT2D eigenvalue weighted by molar-refractivity contribution is 5.92. The van der Waals surface area contributed by atoms with Crippen molar-refractivity contribution in [2.45, 2.75) is 26.8 Å². The Morgan fingerprint density at radius 3 is 2.54 bits per heavy atom. The van der Waals surface area contributed by atoms with Gasteiger partial charge in [0.15, 0.2) is 0 Å². The fourth-order valence-corrected chi connectivity index (χ4v) is 2.75. The number of benzene rings is 2. The lowest BCUT2D eigenvalue weighted by molar-refractivity contribution is 0.0949. The molecule has 0 fully saturated rings. The van der Waals surface area contributed by atoms with Gasteiger partial charge in [0.25, 0.3) is 5.91 Å². The second kappa shape index (κ2) is 9.08. The van der Waals surface area contributed by atoms with Gasteiger partial charge in [-0.1, -0.05) is 48.0 Å². The van der Waals surface area contributed by atoms with Crippen LogP contribution in [0.1, 0.15) is 32.9 Å². The number of hydrogen-bond donors (Lipinski definition) is 2. The highest BCUT2D eigenvalue weighted by atomic mass is 19.1. The fraction of sp³-hybridized carbons (Fsp3) is 0.227. The molecule has 3 rings (SSSR count). The first kappa shape index (κ1) is 19.5. The first-order valence-electron chi connectivity index (χ1n) is 9.18.